The molecule has 5 aromatic rings. The first-order valence-corrected chi connectivity index (χ1v) is 26.1. The highest BCUT2D eigenvalue weighted by atomic mass is 32.2. The van der Waals surface area contributed by atoms with Crippen molar-refractivity contribution in [3.05, 3.63) is 117 Å². The molecule has 3 aromatic carbocycles. The minimum atomic E-state index is -4.69. The normalized spacial score (nSPS) is 18.5. The van der Waals surface area contributed by atoms with Gasteiger partial charge in [0, 0.05) is 81.8 Å². The van der Waals surface area contributed by atoms with Gasteiger partial charge in [0.1, 0.15) is 22.8 Å². The standard InChI is InChI=1S/C48H55F3N8O9S2/c1-31-23-34(48(49,50)51)5-8-39(31)41-27-47(2,3)14-11-33(41)29-56-17-19-57(20-18-56)35-6-9-40(44(25-35)68-37-24-32-12-15-53-45(32)54-28-37)46(60)55-70(65,66)38-7-10-42(43(26-38)59(61)62)52-16-13-36-30-58(21-22-67-36)69(4,63)64/h5-10,12,15,23-26,28,36,52H,11,13-14,16-22,27,29-30H2,1-4H3,(H,53,54)(H,55,60)/t36-/m1/s1. The molecule has 4 heterocycles. The van der Waals surface area contributed by atoms with Gasteiger partial charge < -0.3 is 24.7 Å². The molecule has 0 saturated carbocycles. The predicted molar refractivity (Wildman–Crippen MR) is 259 cm³/mol. The molecule has 3 N–H and O–H groups in total. The molecule has 2 aliphatic heterocycles. The number of aromatic amines is 1. The molecule has 2 fully saturated rings. The van der Waals surface area contributed by atoms with Gasteiger partial charge in [0.2, 0.25) is 10.0 Å². The first kappa shape index (κ1) is 50.3. The summed E-state index contributed by atoms with van der Waals surface area (Å²) in [5, 5.41) is 15.8. The second kappa shape index (κ2) is 20.0. The monoisotopic (exact) mass is 1010 g/mol. The maximum Gasteiger partial charge on any atom is 0.416 e. The van der Waals surface area contributed by atoms with Crippen LogP contribution in [0.5, 0.6) is 11.5 Å². The van der Waals surface area contributed by atoms with E-state index in [4.69, 9.17) is 9.47 Å². The highest BCUT2D eigenvalue weighted by Gasteiger charge is 2.34. The summed E-state index contributed by atoms with van der Waals surface area (Å²) in [5.74, 6) is -0.746. The van der Waals surface area contributed by atoms with Crippen molar-refractivity contribution in [1.82, 2.24) is 23.9 Å². The number of carbonyl (C=O) groups excluding carboxylic acids is 1. The fourth-order valence-corrected chi connectivity index (χ4v) is 11.1. The highest BCUT2D eigenvalue weighted by molar-refractivity contribution is 7.90. The van der Waals surface area contributed by atoms with E-state index in [-0.39, 0.29) is 54.4 Å². The Morgan fingerprint density at radius 3 is 2.50 bits per heavy atom. The summed E-state index contributed by atoms with van der Waals surface area (Å²) in [7, 11) is -8.11. The zero-order valence-corrected chi connectivity index (χ0v) is 40.8. The predicted octanol–water partition coefficient (Wildman–Crippen LogP) is 7.96. The van der Waals surface area contributed by atoms with Crippen LogP contribution in [0.4, 0.5) is 30.2 Å². The Balaban J connectivity index is 0.982. The SMILES string of the molecule is Cc1cc(C(F)(F)F)ccc1C1=C(CN2CCN(c3ccc(C(=O)NS(=O)(=O)c4ccc(NCC[C@@H]5CN(S(C)(=O)=O)CCO5)c([N+](=O)[O-])c4)c(Oc4cnc5[nH]ccc5c4)c3)CC2)CCC(C)(C)C1. The number of aromatic nitrogens is 2. The van der Waals surface area contributed by atoms with Crippen molar-refractivity contribution in [3.63, 3.8) is 0 Å². The number of carbonyl (C=O) groups is 1. The molecule has 0 spiro atoms. The molecule has 22 heteroatoms. The second-order valence-electron chi connectivity index (χ2n) is 18.8. The molecule has 1 atom stereocenters. The van der Waals surface area contributed by atoms with Gasteiger partial charge in [-0.05, 0) is 103 Å². The molecule has 17 nitrogen and oxygen atoms in total. The number of fused-ring (bicyclic) bond motifs is 1. The average molecular weight is 1010 g/mol. The molecular formula is C48H55F3N8O9S2. The van der Waals surface area contributed by atoms with E-state index in [1.54, 1.807) is 43.5 Å². The van der Waals surface area contributed by atoms with Crippen LogP contribution in [0.25, 0.3) is 16.6 Å². The topological polar surface area (TPSA) is 209 Å². The summed E-state index contributed by atoms with van der Waals surface area (Å²) in [6.07, 6.45) is 2.25. The van der Waals surface area contributed by atoms with E-state index in [1.165, 1.54) is 34.3 Å². The maximum absolute atomic E-state index is 14.0. The van der Waals surface area contributed by atoms with E-state index < -0.39 is 59.3 Å². The van der Waals surface area contributed by atoms with Crippen LogP contribution in [0, 0.1) is 22.5 Å². The van der Waals surface area contributed by atoms with Gasteiger partial charge in [-0.25, -0.2) is 26.5 Å². The Hall–Kier alpha value is -6.07. The molecule has 0 radical (unpaired) electrons. The fourth-order valence-electron chi connectivity index (χ4n) is 9.24. The minimum Gasteiger partial charge on any atom is -0.455 e. The van der Waals surface area contributed by atoms with Crippen LogP contribution in [0.2, 0.25) is 0 Å². The number of piperazine rings is 1. The maximum atomic E-state index is 14.0. The molecule has 2 saturated heterocycles. The van der Waals surface area contributed by atoms with Crippen LogP contribution in [0.3, 0.4) is 0 Å². The third-order valence-corrected chi connectivity index (χ3v) is 15.7. The van der Waals surface area contributed by atoms with Gasteiger partial charge in [0.25, 0.3) is 21.6 Å². The summed E-state index contributed by atoms with van der Waals surface area (Å²) < 4.78 is 108. The van der Waals surface area contributed by atoms with Gasteiger partial charge >= 0.3 is 6.18 Å². The quantitative estimate of drug-likeness (QED) is 0.0673. The van der Waals surface area contributed by atoms with E-state index in [0.29, 0.717) is 56.0 Å². The molecule has 1 amide bonds. The van der Waals surface area contributed by atoms with Gasteiger partial charge in [-0.3, -0.25) is 19.8 Å². The lowest BCUT2D eigenvalue weighted by molar-refractivity contribution is -0.384. The van der Waals surface area contributed by atoms with E-state index >= 15 is 0 Å². The zero-order valence-electron chi connectivity index (χ0n) is 39.1. The smallest absolute Gasteiger partial charge is 0.416 e. The Morgan fingerprint density at radius 2 is 1.79 bits per heavy atom. The lowest BCUT2D eigenvalue weighted by Gasteiger charge is -2.39. The van der Waals surface area contributed by atoms with Crippen molar-refractivity contribution in [2.75, 3.05) is 75.4 Å². The molecule has 1 aliphatic carbocycles. The number of amides is 1. The highest BCUT2D eigenvalue weighted by Crippen LogP contribution is 2.45. The average Bonchev–Trinajstić information content (AvgIpc) is 3.77. The van der Waals surface area contributed by atoms with Crippen molar-refractivity contribution in [3.8, 4) is 11.5 Å². The Bertz CT molecular complexity index is 3060. The fraction of sp³-hybridized carbons (Fsp3) is 0.417. The Morgan fingerprint density at radius 1 is 1.01 bits per heavy atom. The minimum absolute atomic E-state index is 0.00483. The van der Waals surface area contributed by atoms with Gasteiger partial charge in [-0.2, -0.15) is 17.5 Å². The van der Waals surface area contributed by atoms with Crippen LogP contribution in [-0.4, -0.2) is 118 Å². The van der Waals surface area contributed by atoms with Gasteiger partial charge in [-0.1, -0.05) is 25.5 Å². The molecule has 70 heavy (non-hydrogen) atoms. The summed E-state index contributed by atoms with van der Waals surface area (Å²) in [4.78, 5) is 36.7. The largest absolute Gasteiger partial charge is 0.455 e. The van der Waals surface area contributed by atoms with E-state index in [9.17, 15) is 44.9 Å². The summed E-state index contributed by atoms with van der Waals surface area (Å²) in [6.45, 7) is 9.99. The number of anilines is 2. The Kier molecular flexibility index (Phi) is 14.4. The van der Waals surface area contributed by atoms with Crippen molar-refractivity contribution in [2.24, 2.45) is 5.41 Å². The number of nitro benzene ring substituents is 1. The molecule has 2 aromatic heterocycles. The van der Waals surface area contributed by atoms with Crippen LogP contribution >= 0.6 is 0 Å². The van der Waals surface area contributed by atoms with Crippen molar-refractivity contribution in [1.29, 1.82) is 0 Å². The van der Waals surface area contributed by atoms with E-state index in [2.05, 4.69) is 43.7 Å². The number of nitro groups is 1. The van der Waals surface area contributed by atoms with Crippen molar-refractivity contribution >= 4 is 59.6 Å². The van der Waals surface area contributed by atoms with Crippen LogP contribution in [-0.2, 0) is 31.0 Å². The number of morpholine rings is 1. The number of aryl methyl sites for hydroxylation is 1. The number of benzene rings is 3. The van der Waals surface area contributed by atoms with Crippen LogP contribution in [0.15, 0.2) is 89.6 Å². The first-order chi connectivity index (χ1) is 33.0. The number of allylic oxidation sites excluding steroid dienone is 1. The number of nitrogens with zero attached hydrogens (tertiary/aromatic N) is 5. The number of hydrogen-bond donors (Lipinski definition) is 3. The van der Waals surface area contributed by atoms with Crippen molar-refractivity contribution < 1.29 is 49.2 Å². The van der Waals surface area contributed by atoms with Crippen LogP contribution < -0.4 is 19.7 Å². The number of pyridine rings is 1. The molecule has 374 valence electrons. The number of sulfonamides is 2. The van der Waals surface area contributed by atoms with Crippen molar-refractivity contribution in [2.45, 2.75) is 63.6 Å². The molecule has 3 aliphatic rings. The summed E-state index contributed by atoms with van der Waals surface area (Å²) >= 11 is 0. The number of hydrogen-bond acceptors (Lipinski definition) is 13. The van der Waals surface area contributed by atoms with E-state index in [0.717, 1.165) is 60.2 Å². The molecular weight excluding hydrogens is 954 g/mol. The number of ether oxygens (including phenoxy) is 2. The number of nitrogens with one attached hydrogen (secondary N) is 3. The number of rotatable bonds is 15. The first-order valence-electron chi connectivity index (χ1n) is 22.8. The van der Waals surface area contributed by atoms with Gasteiger partial charge in [0.05, 0.1) is 46.1 Å². The molecule has 0 bridgehead atoms. The number of alkyl halides is 3. The second-order valence-corrected chi connectivity index (χ2v) is 22.4. The molecule has 8 rings (SSSR count). The van der Waals surface area contributed by atoms with Gasteiger partial charge in [-0.15, -0.1) is 0 Å². The molecule has 0 unspecified atom stereocenters. The number of H-pyrrole nitrogens is 1. The number of halogens is 3. The Labute approximate surface area is 404 Å². The third kappa shape index (κ3) is 11.7. The summed E-state index contributed by atoms with van der Waals surface area (Å²) in [6, 6.07) is 15.5. The third-order valence-electron chi connectivity index (χ3n) is 13.1. The van der Waals surface area contributed by atoms with Crippen LogP contribution in [0.1, 0.15) is 66.6 Å². The zero-order chi connectivity index (χ0) is 50.2. The lowest BCUT2D eigenvalue weighted by atomic mass is 9.72. The van der Waals surface area contributed by atoms with Gasteiger partial charge in [0.15, 0.2) is 0 Å². The lowest BCUT2D eigenvalue weighted by Crippen LogP contribution is -2.47. The van der Waals surface area contributed by atoms with E-state index in [1.807, 2.05) is 0 Å². The summed E-state index contributed by atoms with van der Waals surface area (Å²) in [5.41, 5.74) is 3.72.